The maximum absolute atomic E-state index is 10.7. The van der Waals surface area contributed by atoms with E-state index in [1.807, 2.05) is 0 Å². The Morgan fingerprint density at radius 3 is 2.89 bits per heavy atom. The second-order valence-electron chi connectivity index (χ2n) is 4.26. The molecule has 6 nitrogen and oxygen atoms in total. The molecule has 1 atom stereocenters. The number of nitrogens with one attached hydrogen (secondary N) is 1. The molecule has 0 amide bonds. The zero-order valence-corrected chi connectivity index (χ0v) is 11.1. The van der Waals surface area contributed by atoms with Crippen molar-refractivity contribution in [1.29, 1.82) is 0 Å². The molecule has 0 saturated heterocycles. The molecule has 2 N–H and O–H groups in total. The summed E-state index contributed by atoms with van der Waals surface area (Å²) in [7, 11) is 2.06. The number of carboxylic acids is 1. The Labute approximate surface area is 107 Å². The first kappa shape index (κ1) is 14.4. The standard InChI is InChI=1S/C12H20N4O2/c1-4-9(2)16(3)6-5-14-11-8-13-7-10(15-11)12(17)18/h7-9H,4-6H2,1-3H3,(H,14,15)(H,17,18). The van der Waals surface area contributed by atoms with E-state index in [1.54, 1.807) is 0 Å². The summed E-state index contributed by atoms with van der Waals surface area (Å²) in [4.78, 5) is 20.7. The van der Waals surface area contributed by atoms with Crippen molar-refractivity contribution in [2.24, 2.45) is 0 Å². The van der Waals surface area contributed by atoms with Crippen LogP contribution in [0, 0.1) is 0 Å². The highest BCUT2D eigenvalue weighted by Crippen LogP contribution is 2.03. The number of aromatic carboxylic acids is 1. The topological polar surface area (TPSA) is 78.4 Å². The number of rotatable bonds is 7. The van der Waals surface area contributed by atoms with E-state index in [0.717, 1.165) is 13.0 Å². The molecule has 0 saturated carbocycles. The monoisotopic (exact) mass is 252 g/mol. The van der Waals surface area contributed by atoms with Gasteiger partial charge in [0.1, 0.15) is 5.82 Å². The molecule has 0 aliphatic heterocycles. The van der Waals surface area contributed by atoms with Gasteiger partial charge in [-0.25, -0.2) is 9.78 Å². The molecule has 0 radical (unpaired) electrons. The number of hydrogen-bond acceptors (Lipinski definition) is 5. The van der Waals surface area contributed by atoms with Gasteiger partial charge in [0, 0.05) is 19.1 Å². The van der Waals surface area contributed by atoms with Gasteiger partial charge in [-0.3, -0.25) is 4.98 Å². The smallest absolute Gasteiger partial charge is 0.356 e. The number of hydrogen-bond donors (Lipinski definition) is 2. The molecule has 0 bridgehead atoms. The van der Waals surface area contributed by atoms with Gasteiger partial charge >= 0.3 is 5.97 Å². The Balaban J connectivity index is 2.44. The van der Waals surface area contributed by atoms with Crippen molar-refractivity contribution >= 4 is 11.8 Å². The second-order valence-corrected chi connectivity index (χ2v) is 4.26. The van der Waals surface area contributed by atoms with Crippen molar-refractivity contribution in [3.8, 4) is 0 Å². The molecule has 0 aliphatic rings. The first-order valence-electron chi connectivity index (χ1n) is 6.04. The van der Waals surface area contributed by atoms with Gasteiger partial charge in [0.05, 0.1) is 12.4 Å². The third-order valence-electron chi connectivity index (χ3n) is 2.97. The number of carboxylic acid groups (broad SMARTS) is 1. The molecular formula is C12H20N4O2. The van der Waals surface area contributed by atoms with E-state index in [4.69, 9.17) is 5.11 Å². The molecule has 0 aliphatic carbocycles. The third-order valence-corrected chi connectivity index (χ3v) is 2.97. The molecule has 0 spiro atoms. The largest absolute Gasteiger partial charge is 0.476 e. The summed E-state index contributed by atoms with van der Waals surface area (Å²) in [6.45, 7) is 5.90. The van der Waals surface area contributed by atoms with Crippen molar-refractivity contribution in [1.82, 2.24) is 14.9 Å². The summed E-state index contributed by atoms with van der Waals surface area (Å²) in [5.74, 6) is -0.574. The summed E-state index contributed by atoms with van der Waals surface area (Å²) in [5.41, 5.74) is -0.0460. The zero-order valence-electron chi connectivity index (χ0n) is 11.1. The molecule has 1 heterocycles. The van der Waals surface area contributed by atoms with E-state index in [0.29, 0.717) is 18.4 Å². The lowest BCUT2D eigenvalue weighted by atomic mass is 10.2. The first-order valence-corrected chi connectivity index (χ1v) is 6.04. The highest BCUT2D eigenvalue weighted by Gasteiger charge is 2.07. The van der Waals surface area contributed by atoms with Crippen LogP contribution >= 0.6 is 0 Å². The van der Waals surface area contributed by atoms with Gasteiger partial charge in [0.15, 0.2) is 5.69 Å². The minimum atomic E-state index is -1.07. The molecule has 1 aromatic heterocycles. The van der Waals surface area contributed by atoms with Crippen molar-refractivity contribution < 1.29 is 9.90 Å². The summed E-state index contributed by atoms with van der Waals surface area (Å²) < 4.78 is 0. The van der Waals surface area contributed by atoms with E-state index in [-0.39, 0.29) is 5.69 Å². The van der Waals surface area contributed by atoms with Crippen molar-refractivity contribution in [2.45, 2.75) is 26.3 Å². The van der Waals surface area contributed by atoms with Crippen LogP contribution in [0.1, 0.15) is 30.8 Å². The lowest BCUT2D eigenvalue weighted by Gasteiger charge is -2.23. The van der Waals surface area contributed by atoms with Gasteiger partial charge in [-0.2, -0.15) is 0 Å². The number of likely N-dealkylation sites (N-methyl/N-ethyl adjacent to an activating group) is 1. The Hall–Kier alpha value is -1.69. The van der Waals surface area contributed by atoms with E-state index < -0.39 is 5.97 Å². The predicted octanol–water partition coefficient (Wildman–Crippen LogP) is 1.32. The van der Waals surface area contributed by atoms with Gasteiger partial charge in [-0.1, -0.05) is 6.92 Å². The van der Waals surface area contributed by atoms with Crippen LogP contribution in [0.25, 0.3) is 0 Å². The molecule has 0 aromatic carbocycles. The SMILES string of the molecule is CCC(C)N(C)CCNc1cncc(C(=O)O)n1. The van der Waals surface area contributed by atoms with E-state index in [1.165, 1.54) is 12.4 Å². The van der Waals surface area contributed by atoms with Crippen LogP contribution in [0.15, 0.2) is 12.4 Å². The number of aromatic nitrogens is 2. The lowest BCUT2D eigenvalue weighted by molar-refractivity contribution is 0.0690. The van der Waals surface area contributed by atoms with Crippen LogP contribution in [0.5, 0.6) is 0 Å². The average molecular weight is 252 g/mol. The van der Waals surface area contributed by atoms with Gasteiger partial charge in [-0.15, -0.1) is 0 Å². The molecule has 1 rings (SSSR count). The van der Waals surface area contributed by atoms with Crippen LogP contribution in [0.3, 0.4) is 0 Å². The highest BCUT2D eigenvalue weighted by molar-refractivity contribution is 5.85. The van der Waals surface area contributed by atoms with E-state index >= 15 is 0 Å². The minimum absolute atomic E-state index is 0.0460. The first-order chi connectivity index (χ1) is 8.54. The molecule has 18 heavy (non-hydrogen) atoms. The Bertz CT molecular complexity index is 397. The van der Waals surface area contributed by atoms with Crippen LogP contribution in [-0.2, 0) is 0 Å². The average Bonchev–Trinajstić information content (AvgIpc) is 2.38. The summed E-state index contributed by atoms with van der Waals surface area (Å²) >= 11 is 0. The molecule has 100 valence electrons. The Morgan fingerprint density at radius 2 is 2.28 bits per heavy atom. The minimum Gasteiger partial charge on any atom is -0.476 e. The van der Waals surface area contributed by atoms with Gasteiger partial charge in [-0.05, 0) is 20.4 Å². The van der Waals surface area contributed by atoms with Crippen molar-refractivity contribution in [3.63, 3.8) is 0 Å². The number of anilines is 1. The fraction of sp³-hybridized carbons (Fsp3) is 0.583. The fourth-order valence-corrected chi connectivity index (χ4v) is 1.45. The third kappa shape index (κ3) is 4.29. The maximum Gasteiger partial charge on any atom is 0.356 e. The Morgan fingerprint density at radius 1 is 1.56 bits per heavy atom. The molecule has 1 unspecified atom stereocenters. The summed E-state index contributed by atoms with van der Waals surface area (Å²) in [5, 5.41) is 11.9. The predicted molar refractivity (Wildman–Crippen MR) is 69.9 cm³/mol. The van der Waals surface area contributed by atoms with Crippen LogP contribution in [-0.4, -0.2) is 52.1 Å². The maximum atomic E-state index is 10.7. The van der Waals surface area contributed by atoms with Crippen LogP contribution in [0.2, 0.25) is 0 Å². The summed E-state index contributed by atoms with van der Waals surface area (Å²) in [6.07, 6.45) is 3.86. The highest BCUT2D eigenvalue weighted by atomic mass is 16.4. The molecule has 0 fully saturated rings. The van der Waals surface area contributed by atoms with E-state index in [9.17, 15) is 4.79 Å². The molecular weight excluding hydrogens is 232 g/mol. The molecule has 1 aromatic rings. The number of nitrogens with zero attached hydrogens (tertiary/aromatic N) is 3. The van der Waals surface area contributed by atoms with Crippen LogP contribution in [0.4, 0.5) is 5.82 Å². The van der Waals surface area contributed by atoms with Crippen molar-refractivity contribution in [3.05, 3.63) is 18.1 Å². The van der Waals surface area contributed by atoms with Gasteiger partial charge in [0.25, 0.3) is 0 Å². The quantitative estimate of drug-likeness (QED) is 0.762. The second kappa shape index (κ2) is 6.90. The summed E-state index contributed by atoms with van der Waals surface area (Å²) in [6, 6.07) is 0.531. The normalized spacial score (nSPS) is 12.4. The number of carbonyl (C=O) groups is 1. The van der Waals surface area contributed by atoms with Gasteiger partial charge in [0.2, 0.25) is 0 Å². The van der Waals surface area contributed by atoms with Crippen LogP contribution < -0.4 is 5.32 Å². The van der Waals surface area contributed by atoms with Crippen molar-refractivity contribution in [2.75, 3.05) is 25.5 Å². The lowest BCUT2D eigenvalue weighted by Crippen LogP contribution is -2.32. The molecule has 6 heteroatoms. The van der Waals surface area contributed by atoms with Gasteiger partial charge < -0.3 is 15.3 Å². The van der Waals surface area contributed by atoms with E-state index in [2.05, 4.69) is 41.1 Å². The zero-order chi connectivity index (χ0) is 13.5. The Kier molecular flexibility index (Phi) is 5.51. The fourth-order valence-electron chi connectivity index (χ4n) is 1.45.